The standard InChI is InChI=1S/C39H63NO5Si2/c1-30-28-32(20-19-27-43-47(39(6,7)8,34-21-15-13-16-22-34)35-23-17-14-18-24-35)44-36(30)26-25-33(45-46(11,12)38(3,4)5)29-31(2)37(41)40(9)42-10/h13-18,21-24,31-33,36H,1,19-20,25-29H2,2-12H3/t31-,32+,33-,36+/m1/s1. The van der Waals surface area contributed by atoms with Crippen LogP contribution in [0.1, 0.15) is 87.0 Å². The number of rotatable bonds is 16. The van der Waals surface area contributed by atoms with E-state index in [1.165, 1.54) is 22.5 Å². The summed E-state index contributed by atoms with van der Waals surface area (Å²) in [6, 6.07) is 21.7. The minimum atomic E-state index is -2.55. The summed E-state index contributed by atoms with van der Waals surface area (Å²) in [7, 11) is -1.40. The van der Waals surface area contributed by atoms with Gasteiger partial charge in [0.15, 0.2) is 8.32 Å². The van der Waals surface area contributed by atoms with E-state index in [0.717, 1.165) is 37.7 Å². The summed E-state index contributed by atoms with van der Waals surface area (Å²) < 4.78 is 20.6. The molecule has 47 heavy (non-hydrogen) atoms. The van der Waals surface area contributed by atoms with Crippen LogP contribution < -0.4 is 10.4 Å². The lowest BCUT2D eigenvalue weighted by Gasteiger charge is -2.43. The number of benzene rings is 2. The summed E-state index contributed by atoms with van der Waals surface area (Å²) in [5, 5.41) is 3.98. The van der Waals surface area contributed by atoms with Crippen LogP contribution in [0, 0.1) is 5.92 Å². The molecule has 2 aromatic carbocycles. The number of carbonyl (C=O) groups is 1. The molecule has 2 aromatic rings. The molecule has 6 nitrogen and oxygen atoms in total. The van der Waals surface area contributed by atoms with Gasteiger partial charge < -0.3 is 13.6 Å². The van der Waals surface area contributed by atoms with Gasteiger partial charge in [0.2, 0.25) is 5.91 Å². The van der Waals surface area contributed by atoms with Gasteiger partial charge in [-0.2, -0.15) is 0 Å². The highest BCUT2D eigenvalue weighted by Gasteiger charge is 2.50. The number of hydrogen-bond donors (Lipinski definition) is 0. The van der Waals surface area contributed by atoms with Crippen LogP contribution in [0.25, 0.3) is 0 Å². The van der Waals surface area contributed by atoms with E-state index in [0.29, 0.717) is 13.0 Å². The molecule has 1 aliphatic rings. The van der Waals surface area contributed by atoms with E-state index < -0.39 is 16.6 Å². The molecular weight excluding hydrogens is 619 g/mol. The number of hydroxylamine groups is 2. The Morgan fingerprint density at radius 3 is 2.00 bits per heavy atom. The zero-order chi connectivity index (χ0) is 35.0. The van der Waals surface area contributed by atoms with E-state index in [4.69, 9.17) is 18.4 Å². The highest BCUT2D eigenvalue weighted by Crippen LogP contribution is 2.40. The monoisotopic (exact) mass is 681 g/mol. The largest absolute Gasteiger partial charge is 0.414 e. The van der Waals surface area contributed by atoms with Crippen LogP contribution in [-0.2, 0) is 23.2 Å². The summed E-state index contributed by atoms with van der Waals surface area (Å²) in [6.07, 6.45) is 5.19. The van der Waals surface area contributed by atoms with Gasteiger partial charge in [0, 0.05) is 25.7 Å². The fourth-order valence-corrected chi connectivity index (χ4v) is 12.6. The molecule has 0 saturated carbocycles. The van der Waals surface area contributed by atoms with Crippen molar-refractivity contribution in [3.63, 3.8) is 0 Å². The molecule has 0 aromatic heterocycles. The van der Waals surface area contributed by atoms with Gasteiger partial charge in [0.25, 0.3) is 8.32 Å². The lowest BCUT2D eigenvalue weighted by molar-refractivity contribution is -0.173. The molecule has 0 N–H and O–H groups in total. The van der Waals surface area contributed by atoms with E-state index in [-0.39, 0.29) is 40.2 Å². The third-order valence-corrected chi connectivity index (χ3v) is 19.9. The van der Waals surface area contributed by atoms with Crippen LogP contribution in [0.15, 0.2) is 72.8 Å². The second-order valence-corrected chi connectivity index (χ2v) is 25.1. The molecule has 4 atom stereocenters. The molecule has 8 heteroatoms. The van der Waals surface area contributed by atoms with E-state index in [1.54, 1.807) is 7.05 Å². The minimum absolute atomic E-state index is 0.00997. The van der Waals surface area contributed by atoms with Crippen molar-refractivity contribution in [2.75, 3.05) is 20.8 Å². The van der Waals surface area contributed by atoms with Crippen molar-refractivity contribution in [3.05, 3.63) is 72.8 Å². The minimum Gasteiger partial charge on any atom is -0.414 e. The topological polar surface area (TPSA) is 57.2 Å². The van der Waals surface area contributed by atoms with E-state index in [9.17, 15) is 4.79 Å². The first-order valence-electron chi connectivity index (χ1n) is 17.5. The SMILES string of the molecule is C=C1C[C@H](CCCO[Si](c2ccccc2)(c2ccccc2)C(C)(C)C)O[C@H]1CC[C@H](C[C@@H](C)C(=O)N(C)OC)O[Si](C)(C)C(C)(C)C. The van der Waals surface area contributed by atoms with Gasteiger partial charge in [-0.15, -0.1) is 0 Å². The molecule has 0 bridgehead atoms. The molecule has 0 unspecified atom stereocenters. The Hall–Kier alpha value is -2.08. The van der Waals surface area contributed by atoms with Crippen LogP contribution in [0.4, 0.5) is 0 Å². The molecule has 0 spiro atoms. The van der Waals surface area contributed by atoms with Crippen molar-refractivity contribution in [1.82, 2.24) is 5.06 Å². The quantitative estimate of drug-likeness (QED) is 0.0773. The van der Waals surface area contributed by atoms with Gasteiger partial charge in [-0.3, -0.25) is 9.63 Å². The van der Waals surface area contributed by atoms with Gasteiger partial charge in [-0.1, -0.05) is 116 Å². The average Bonchev–Trinajstić information content (AvgIpc) is 3.37. The summed E-state index contributed by atoms with van der Waals surface area (Å²) >= 11 is 0. The van der Waals surface area contributed by atoms with Gasteiger partial charge >= 0.3 is 0 Å². The predicted molar refractivity (Wildman–Crippen MR) is 200 cm³/mol. The lowest BCUT2D eigenvalue weighted by atomic mass is 9.96. The average molecular weight is 682 g/mol. The molecule has 1 heterocycles. The van der Waals surface area contributed by atoms with Crippen LogP contribution in [0.2, 0.25) is 23.2 Å². The Labute approximate surface area is 288 Å². The van der Waals surface area contributed by atoms with Crippen molar-refractivity contribution in [2.24, 2.45) is 5.92 Å². The molecule has 0 radical (unpaired) electrons. The first kappa shape index (κ1) is 39.4. The number of carbonyl (C=O) groups excluding carboxylic acids is 1. The maximum Gasteiger partial charge on any atom is 0.261 e. The Kier molecular flexibility index (Phi) is 13.9. The third kappa shape index (κ3) is 9.99. The number of hydrogen-bond acceptors (Lipinski definition) is 5. The highest BCUT2D eigenvalue weighted by molar-refractivity contribution is 6.99. The van der Waals surface area contributed by atoms with Crippen LogP contribution in [0.5, 0.6) is 0 Å². The maximum atomic E-state index is 12.8. The van der Waals surface area contributed by atoms with Gasteiger partial charge in [-0.05, 0) is 77.6 Å². The summed E-state index contributed by atoms with van der Waals surface area (Å²) in [4.78, 5) is 18.0. The van der Waals surface area contributed by atoms with Crippen molar-refractivity contribution < 1.29 is 23.2 Å². The molecule has 1 amide bonds. The molecule has 1 saturated heterocycles. The zero-order valence-electron chi connectivity index (χ0n) is 31.2. The van der Waals surface area contributed by atoms with Crippen molar-refractivity contribution >= 4 is 32.9 Å². The normalized spacial score (nSPS) is 19.1. The highest BCUT2D eigenvalue weighted by atomic mass is 28.4. The van der Waals surface area contributed by atoms with E-state index in [2.05, 4.69) is 122 Å². The first-order chi connectivity index (χ1) is 21.9. The van der Waals surface area contributed by atoms with Crippen molar-refractivity contribution in [1.29, 1.82) is 0 Å². The summed E-state index contributed by atoms with van der Waals surface area (Å²) in [6.45, 7) is 25.4. The molecule has 262 valence electrons. The van der Waals surface area contributed by atoms with E-state index >= 15 is 0 Å². The van der Waals surface area contributed by atoms with Gasteiger partial charge in [-0.25, -0.2) is 5.06 Å². The fraction of sp³-hybridized carbons (Fsp3) is 0.615. The Bertz CT molecular complexity index is 1230. The summed E-state index contributed by atoms with van der Waals surface area (Å²) in [5.41, 5.74) is 1.16. The third-order valence-electron chi connectivity index (χ3n) is 10.3. The predicted octanol–water partition coefficient (Wildman–Crippen LogP) is 8.27. The van der Waals surface area contributed by atoms with Crippen LogP contribution in [0.3, 0.4) is 0 Å². The number of nitrogens with zero attached hydrogens (tertiary/aromatic N) is 1. The van der Waals surface area contributed by atoms with Gasteiger partial charge in [0.1, 0.15) is 0 Å². The van der Waals surface area contributed by atoms with Crippen molar-refractivity contribution in [2.45, 2.75) is 128 Å². The Balaban J connectivity index is 1.64. The lowest BCUT2D eigenvalue weighted by Crippen LogP contribution is -2.66. The number of ether oxygens (including phenoxy) is 1. The molecule has 0 aliphatic carbocycles. The zero-order valence-corrected chi connectivity index (χ0v) is 33.2. The smallest absolute Gasteiger partial charge is 0.261 e. The Morgan fingerprint density at radius 1 is 0.957 bits per heavy atom. The second-order valence-electron chi connectivity index (χ2n) is 16.0. The Morgan fingerprint density at radius 2 is 1.51 bits per heavy atom. The summed E-state index contributed by atoms with van der Waals surface area (Å²) in [5.74, 6) is -0.232. The van der Waals surface area contributed by atoms with Gasteiger partial charge in [0.05, 0.1) is 19.3 Å². The fourth-order valence-electron chi connectivity index (χ4n) is 6.59. The molecule has 3 rings (SSSR count). The maximum absolute atomic E-state index is 12.8. The van der Waals surface area contributed by atoms with Crippen LogP contribution in [-0.4, -0.2) is 66.7 Å². The van der Waals surface area contributed by atoms with E-state index in [1.807, 2.05) is 6.92 Å². The van der Waals surface area contributed by atoms with Crippen molar-refractivity contribution in [3.8, 4) is 0 Å². The second kappa shape index (κ2) is 16.6. The first-order valence-corrected chi connectivity index (χ1v) is 22.3. The number of amides is 1. The van der Waals surface area contributed by atoms with Crippen LogP contribution >= 0.6 is 0 Å². The molecular formula is C39H63NO5Si2. The molecule has 1 aliphatic heterocycles. The molecule has 1 fully saturated rings.